The van der Waals surface area contributed by atoms with Crippen LogP contribution in [0.25, 0.3) is 10.9 Å². The van der Waals surface area contributed by atoms with E-state index in [9.17, 15) is 9.90 Å². The second-order valence-corrected chi connectivity index (χ2v) is 9.15. The third-order valence-corrected chi connectivity index (χ3v) is 7.88. The SMILES string of the molecule is CC(=O)OC[C@]1(O)[C@H](C)OC[C@@H]2[C@H]1C[C@H]1c3c(c4ccccc4n3C)C[C@@H]2N1C. The highest BCUT2D eigenvalue weighted by Gasteiger charge is 2.58. The molecule has 1 N–H and O–H groups in total. The van der Waals surface area contributed by atoms with Crippen molar-refractivity contribution in [3.63, 3.8) is 0 Å². The van der Waals surface area contributed by atoms with Gasteiger partial charge in [0.15, 0.2) is 0 Å². The zero-order valence-corrected chi connectivity index (χ0v) is 17.6. The molecule has 3 aliphatic heterocycles. The predicted molar refractivity (Wildman–Crippen MR) is 110 cm³/mol. The number of aryl methyl sites for hydroxylation is 1. The van der Waals surface area contributed by atoms with Crippen LogP contribution in [0.5, 0.6) is 0 Å². The minimum Gasteiger partial charge on any atom is -0.463 e. The Kier molecular flexibility index (Phi) is 4.32. The molecule has 0 saturated carbocycles. The molecule has 1 aromatic heterocycles. The molecular weight excluding hydrogens is 368 g/mol. The summed E-state index contributed by atoms with van der Waals surface area (Å²) >= 11 is 0. The predicted octanol–water partition coefficient (Wildman–Crippen LogP) is 2.42. The van der Waals surface area contributed by atoms with Gasteiger partial charge in [-0.1, -0.05) is 18.2 Å². The Morgan fingerprint density at radius 3 is 2.86 bits per heavy atom. The van der Waals surface area contributed by atoms with Crippen LogP contribution in [0.4, 0.5) is 0 Å². The third kappa shape index (κ3) is 2.62. The Bertz CT molecular complexity index is 969. The van der Waals surface area contributed by atoms with Crippen molar-refractivity contribution in [3.8, 4) is 0 Å². The van der Waals surface area contributed by atoms with E-state index in [0.29, 0.717) is 12.6 Å². The average Bonchev–Trinajstić information content (AvgIpc) is 2.96. The van der Waals surface area contributed by atoms with Crippen LogP contribution in [0.15, 0.2) is 24.3 Å². The van der Waals surface area contributed by atoms with Crippen LogP contribution in [0.2, 0.25) is 0 Å². The lowest BCUT2D eigenvalue weighted by Crippen LogP contribution is -2.66. The Morgan fingerprint density at radius 1 is 1.34 bits per heavy atom. The maximum Gasteiger partial charge on any atom is 0.302 e. The number of aliphatic hydroxyl groups is 1. The van der Waals surface area contributed by atoms with Gasteiger partial charge >= 0.3 is 5.97 Å². The van der Waals surface area contributed by atoms with E-state index in [1.54, 1.807) is 0 Å². The molecule has 0 amide bonds. The zero-order valence-electron chi connectivity index (χ0n) is 17.6. The molecule has 5 rings (SSSR count). The molecule has 0 radical (unpaired) electrons. The molecule has 6 nitrogen and oxygen atoms in total. The van der Waals surface area contributed by atoms with Gasteiger partial charge in [-0.2, -0.15) is 0 Å². The lowest BCUT2D eigenvalue weighted by molar-refractivity contribution is -0.242. The van der Waals surface area contributed by atoms with Gasteiger partial charge in [-0.3, -0.25) is 9.69 Å². The number of carbonyl (C=O) groups excluding carboxylic acids is 1. The number of hydrogen-bond acceptors (Lipinski definition) is 5. The van der Waals surface area contributed by atoms with Crippen LogP contribution in [0.3, 0.4) is 0 Å². The topological polar surface area (TPSA) is 63.9 Å². The van der Waals surface area contributed by atoms with Crippen LogP contribution in [0.1, 0.15) is 37.6 Å². The second kappa shape index (κ2) is 6.56. The van der Waals surface area contributed by atoms with Crippen LogP contribution in [-0.2, 0) is 27.7 Å². The van der Waals surface area contributed by atoms with E-state index >= 15 is 0 Å². The maximum absolute atomic E-state index is 11.7. The first-order valence-electron chi connectivity index (χ1n) is 10.6. The van der Waals surface area contributed by atoms with Crippen molar-refractivity contribution in [3.05, 3.63) is 35.5 Å². The smallest absolute Gasteiger partial charge is 0.302 e. The molecule has 6 atom stereocenters. The van der Waals surface area contributed by atoms with Gasteiger partial charge in [0.1, 0.15) is 12.2 Å². The molecule has 2 bridgehead atoms. The van der Waals surface area contributed by atoms with Crippen LogP contribution < -0.4 is 0 Å². The summed E-state index contributed by atoms with van der Waals surface area (Å²) in [4.78, 5) is 13.9. The highest BCUT2D eigenvalue weighted by Crippen LogP contribution is 2.53. The van der Waals surface area contributed by atoms with Gasteiger partial charge in [-0.25, -0.2) is 0 Å². The van der Waals surface area contributed by atoms with Crippen molar-refractivity contribution in [2.24, 2.45) is 18.9 Å². The highest BCUT2D eigenvalue weighted by atomic mass is 16.6. The monoisotopic (exact) mass is 398 g/mol. The molecule has 6 heteroatoms. The summed E-state index contributed by atoms with van der Waals surface area (Å²) in [6.45, 7) is 3.92. The van der Waals surface area contributed by atoms with Crippen LogP contribution in [0, 0.1) is 11.8 Å². The molecular formula is C23H30N2O4. The van der Waals surface area contributed by atoms with Crippen molar-refractivity contribution >= 4 is 16.9 Å². The Morgan fingerprint density at radius 2 is 2.10 bits per heavy atom. The first-order chi connectivity index (χ1) is 13.8. The van der Waals surface area contributed by atoms with E-state index in [1.807, 2.05) is 6.92 Å². The highest BCUT2D eigenvalue weighted by molar-refractivity contribution is 5.86. The van der Waals surface area contributed by atoms with E-state index in [0.717, 1.165) is 12.8 Å². The number of hydrogen-bond donors (Lipinski definition) is 1. The summed E-state index contributed by atoms with van der Waals surface area (Å²) < 4.78 is 13.7. The zero-order chi connectivity index (χ0) is 20.5. The first-order valence-corrected chi connectivity index (χ1v) is 10.6. The summed E-state index contributed by atoms with van der Waals surface area (Å²) in [6, 6.07) is 9.15. The van der Waals surface area contributed by atoms with Crippen molar-refractivity contribution < 1.29 is 19.4 Å². The van der Waals surface area contributed by atoms with Gasteiger partial charge in [0, 0.05) is 48.4 Å². The number of para-hydroxylation sites is 1. The van der Waals surface area contributed by atoms with Crippen molar-refractivity contribution in [1.29, 1.82) is 0 Å². The maximum atomic E-state index is 11.7. The number of piperidine rings is 1. The molecule has 0 unspecified atom stereocenters. The van der Waals surface area contributed by atoms with Crippen molar-refractivity contribution in [1.82, 2.24) is 9.47 Å². The van der Waals surface area contributed by atoms with Crippen molar-refractivity contribution in [2.45, 2.75) is 50.5 Å². The summed E-state index contributed by atoms with van der Waals surface area (Å²) in [7, 11) is 4.36. The van der Waals surface area contributed by atoms with Gasteiger partial charge in [0.2, 0.25) is 0 Å². The van der Waals surface area contributed by atoms with Crippen LogP contribution >= 0.6 is 0 Å². The number of aromatic nitrogens is 1. The van der Waals surface area contributed by atoms with E-state index in [2.05, 4.69) is 47.8 Å². The standard InChI is InChI=1S/C23H30N2O4/c1-13-23(27,12-29-14(2)26)18-10-21-22-16(9-20(24(21)3)17(18)11-28-13)15-7-5-6-8-19(15)25(22)4/h5-8,13,17-18,20-21,27H,9-12H2,1-4H3/t13-,17+,18+,20-,21-,23-/m0/s1. The largest absolute Gasteiger partial charge is 0.463 e. The Balaban J connectivity index is 1.59. The lowest BCUT2D eigenvalue weighted by atomic mass is 9.62. The van der Waals surface area contributed by atoms with Gasteiger partial charge in [-0.05, 0) is 38.4 Å². The summed E-state index contributed by atoms with van der Waals surface area (Å²) in [5, 5.41) is 13.0. The fraction of sp³-hybridized carbons (Fsp3) is 0.609. The number of rotatable bonds is 2. The molecule has 0 aliphatic carbocycles. The fourth-order valence-corrected chi connectivity index (χ4v) is 6.27. The summed E-state index contributed by atoms with van der Waals surface area (Å²) in [6.07, 6.45) is 1.42. The van der Waals surface area contributed by atoms with Gasteiger partial charge < -0.3 is 19.1 Å². The first kappa shape index (κ1) is 19.1. The molecule has 2 aromatic rings. The number of likely N-dealkylation sites (N-methyl/N-ethyl adjacent to an activating group) is 1. The molecule has 3 aliphatic rings. The second-order valence-electron chi connectivity index (χ2n) is 9.15. The van der Waals surface area contributed by atoms with Crippen molar-refractivity contribution in [2.75, 3.05) is 20.3 Å². The number of nitrogens with zero attached hydrogens (tertiary/aromatic N) is 2. The molecule has 156 valence electrons. The number of carbonyl (C=O) groups is 1. The minimum atomic E-state index is -1.16. The van der Waals surface area contributed by atoms with E-state index < -0.39 is 5.60 Å². The van der Waals surface area contributed by atoms with Gasteiger partial charge in [0.25, 0.3) is 0 Å². The number of fused-ring (bicyclic) bond motifs is 8. The Labute approximate surface area is 171 Å². The van der Waals surface area contributed by atoms with E-state index in [1.165, 1.54) is 29.1 Å². The number of esters is 1. The molecule has 2 saturated heterocycles. The third-order valence-electron chi connectivity index (χ3n) is 7.88. The quantitative estimate of drug-likeness (QED) is 0.788. The number of benzene rings is 1. The normalized spacial score (nSPS) is 36.5. The number of ether oxygens (including phenoxy) is 2. The molecule has 4 heterocycles. The lowest BCUT2D eigenvalue weighted by Gasteiger charge is -2.58. The molecule has 0 spiro atoms. The summed E-state index contributed by atoms with van der Waals surface area (Å²) in [5.74, 6) is -0.125. The molecule has 29 heavy (non-hydrogen) atoms. The molecule has 2 fully saturated rings. The molecule has 1 aromatic carbocycles. The van der Waals surface area contributed by atoms with E-state index in [-0.39, 0.29) is 36.6 Å². The van der Waals surface area contributed by atoms with Gasteiger partial charge in [-0.15, -0.1) is 0 Å². The minimum absolute atomic E-state index is 0.00418. The fourth-order valence-electron chi connectivity index (χ4n) is 6.27. The van der Waals surface area contributed by atoms with Crippen LogP contribution in [-0.4, -0.2) is 58.6 Å². The van der Waals surface area contributed by atoms with Gasteiger partial charge in [0.05, 0.1) is 18.8 Å². The average molecular weight is 399 g/mol. The van der Waals surface area contributed by atoms with E-state index in [4.69, 9.17) is 9.47 Å². The Hall–Kier alpha value is -1.89. The summed E-state index contributed by atoms with van der Waals surface area (Å²) in [5.41, 5.74) is 2.91.